The fourth-order valence-electron chi connectivity index (χ4n) is 4.68. The number of nitrogens with zero attached hydrogens (tertiary/aromatic N) is 3. The minimum Gasteiger partial charge on any atom is -0.496 e. The molecule has 0 saturated carbocycles. The molecule has 1 aromatic carbocycles. The van der Waals surface area contributed by atoms with Crippen molar-refractivity contribution in [3.8, 4) is 11.6 Å². The normalized spacial score (nSPS) is 18.9. The van der Waals surface area contributed by atoms with E-state index in [0.717, 1.165) is 35.3 Å². The molecule has 0 radical (unpaired) electrons. The van der Waals surface area contributed by atoms with Crippen LogP contribution in [0.1, 0.15) is 40.5 Å². The molecule has 0 aliphatic carbocycles. The summed E-state index contributed by atoms with van der Waals surface area (Å²) >= 11 is 0. The molecule has 6 heteroatoms. The van der Waals surface area contributed by atoms with Crippen molar-refractivity contribution in [1.29, 1.82) is 0 Å². The van der Waals surface area contributed by atoms with Gasteiger partial charge in [-0.1, -0.05) is 6.07 Å². The lowest BCUT2D eigenvalue weighted by atomic mass is 9.80. The fraction of sp³-hybridized carbons (Fsp3) is 0.455. The number of fused-ring (bicyclic) bond motifs is 1. The monoisotopic (exact) mass is 379 g/mol. The van der Waals surface area contributed by atoms with Crippen molar-refractivity contribution in [3.63, 3.8) is 0 Å². The van der Waals surface area contributed by atoms with Crippen LogP contribution in [0.15, 0.2) is 42.7 Å². The van der Waals surface area contributed by atoms with Crippen LogP contribution in [0.3, 0.4) is 0 Å². The van der Waals surface area contributed by atoms with Gasteiger partial charge in [0.25, 0.3) is 0 Å². The Labute approximate surface area is 166 Å². The third-order valence-corrected chi connectivity index (χ3v) is 5.32. The van der Waals surface area contributed by atoms with Crippen LogP contribution >= 0.6 is 0 Å². The summed E-state index contributed by atoms with van der Waals surface area (Å²) in [5.41, 5.74) is 1.21. The summed E-state index contributed by atoms with van der Waals surface area (Å²) in [4.78, 5) is 9.26. The van der Waals surface area contributed by atoms with Gasteiger partial charge in [0, 0.05) is 34.9 Å². The Morgan fingerprint density at radius 2 is 1.86 bits per heavy atom. The Bertz CT molecular complexity index is 976. The van der Waals surface area contributed by atoms with Crippen LogP contribution in [-0.4, -0.2) is 38.8 Å². The molecule has 1 fully saturated rings. The number of nitrogens with one attached hydrogen (secondary N) is 2. The van der Waals surface area contributed by atoms with Gasteiger partial charge in [-0.2, -0.15) is 4.98 Å². The Morgan fingerprint density at radius 1 is 1.11 bits per heavy atom. The first-order chi connectivity index (χ1) is 13.3. The maximum atomic E-state index is 5.48. The van der Waals surface area contributed by atoms with Crippen molar-refractivity contribution in [1.82, 2.24) is 19.9 Å². The van der Waals surface area contributed by atoms with Gasteiger partial charge in [0.15, 0.2) is 0 Å². The number of rotatable bonds is 4. The first-order valence-corrected chi connectivity index (χ1v) is 9.80. The van der Waals surface area contributed by atoms with Crippen LogP contribution in [0.2, 0.25) is 0 Å². The van der Waals surface area contributed by atoms with E-state index in [-0.39, 0.29) is 11.1 Å². The molecule has 3 heterocycles. The van der Waals surface area contributed by atoms with Crippen molar-refractivity contribution in [2.24, 2.45) is 0 Å². The molecule has 28 heavy (non-hydrogen) atoms. The predicted molar refractivity (Wildman–Crippen MR) is 113 cm³/mol. The SMILES string of the molecule is COc1cccc2c1ccn2-c1ccnc(NC2CC(C)(C)NC(C)(C)C2)n1. The van der Waals surface area contributed by atoms with E-state index >= 15 is 0 Å². The van der Waals surface area contributed by atoms with Crippen molar-refractivity contribution < 1.29 is 4.74 Å². The second kappa shape index (κ2) is 6.78. The molecule has 0 unspecified atom stereocenters. The largest absolute Gasteiger partial charge is 0.496 e. The van der Waals surface area contributed by atoms with E-state index in [2.05, 4.69) is 60.0 Å². The zero-order valence-electron chi connectivity index (χ0n) is 17.3. The summed E-state index contributed by atoms with van der Waals surface area (Å²) in [7, 11) is 1.70. The lowest BCUT2D eigenvalue weighted by Crippen LogP contribution is -2.60. The van der Waals surface area contributed by atoms with Crippen molar-refractivity contribution in [3.05, 3.63) is 42.7 Å². The molecule has 1 aliphatic heterocycles. The average molecular weight is 380 g/mol. The quantitative estimate of drug-likeness (QED) is 0.713. The summed E-state index contributed by atoms with van der Waals surface area (Å²) in [6.45, 7) is 9.00. The number of ether oxygens (including phenoxy) is 1. The Hall–Kier alpha value is -2.60. The van der Waals surface area contributed by atoms with Gasteiger partial charge in [-0.25, -0.2) is 4.98 Å². The van der Waals surface area contributed by atoms with E-state index in [4.69, 9.17) is 9.72 Å². The molecule has 0 spiro atoms. The van der Waals surface area contributed by atoms with Crippen LogP contribution < -0.4 is 15.4 Å². The third kappa shape index (κ3) is 3.69. The maximum absolute atomic E-state index is 5.48. The van der Waals surface area contributed by atoms with E-state index in [1.165, 1.54) is 0 Å². The van der Waals surface area contributed by atoms with Crippen molar-refractivity contribution in [2.75, 3.05) is 12.4 Å². The summed E-state index contributed by atoms with van der Waals surface area (Å²) in [5.74, 6) is 2.37. The lowest BCUT2D eigenvalue weighted by Gasteiger charge is -2.46. The Balaban J connectivity index is 1.62. The van der Waals surface area contributed by atoms with Crippen molar-refractivity contribution in [2.45, 2.75) is 57.7 Å². The predicted octanol–water partition coefficient (Wildman–Crippen LogP) is 4.15. The number of methoxy groups -OCH3 is 1. The Morgan fingerprint density at radius 3 is 2.57 bits per heavy atom. The second-order valence-electron chi connectivity index (χ2n) is 8.96. The molecule has 0 amide bonds. The van der Waals surface area contributed by atoms with Gasteiger partial charge in [0.1, 0.15) is 11.6 Å². The molecule has 0 atom stereocenters. The van der Waals surface area contributed by atoms with Gasteiger partial charge in [0.2, 0.25) is 5.95 Å². The van der Waals surface area contributed by atoms with Gasteiger partial charge in [0.05, 0.1) is 12.6 Å². The number of piperidine rings is 1. The summed E-state index contributed by atoms with van der Waals surface area (Å²) in [5, 5.41) is 8.35. The highest BCUT2D eigenvalue weighted by atomic mass is 16.5. The molecular weight excluding hydrogens is 350 g/mol. The Kier molecular flexibility index (Phi) is 4.54. The number of hydrogen-bond acceptors (Lipinski definition) is 5. The number of benzene rings is 1. The molecular formula is C22H29N5O. The summed E-state index contributed by atoms with van der Waals surface area (Å²) < 4.78 is 7.55. The molecule has 6 nitrogen and oxygen atoms in total. The van der Waals surface area contributed by atoms with E-state index in [0.29, 0.717) is 12.0 Å². The average Bonchev–Trinajstić information content (AvgIpc) is 3.03. The zero-order valence-corrected chi connectivity index (χ0v) is 17.3. The van der Waals surface area contributed by atoms with Crippen LogP contribution in [-0.2, 0) is 0 Å². The van der Waals surface area contributed by atoms with E-state index in [1.807, 2.05) is 30.6 Å². The minimum absolute atomic E-state index is 0.0736. The van der Waals surface area contributed by atoms with Gasteiger partial charge in [-0.05, 0) is 64.8 Å². The molecule has 0 bridgehead atoms. The molecule has 2 N–H and O–H groups in total. The minimum atomic E-state index is 0.0736. The smallest absolute Gasteiger partial charge is 0.224 e. The van der Waals surface area contributed by atoms with Crippen LogP contribution in [0.5, 0.6) is 5.75 Å². The van der Waals surface area contributed by atoms with Crippen molar-refractivity contribution >= 4 is 16.9 Å². The van der Waals surface area contributed by atoms with Gasteiger partial charge in [-0.15, -0.1) is 0 Å². The van der Waals surface area contributed by atoms with E-state index in [9.17, 15) is 0 Å². The van der Waals surface area contributed by atoms with Gasteiger partial charge >= 0.3 is 0 Å². The summed E-state index contributed by atoms with van der Waals surface area (Å²) in [6, 6.07) is 10.4. The second-order valence-corrected chi connectivity index (χ2v) is 8.96. The topological polar surface area (TPSA) is 64.0 Å². The molecule has 1 aliphatic rings. The van der Waals surface area contributed by atoms with E-state index in [1.54, 1.807) is 7.11 Å². The molecule has 1 saturated heterocycles. The lowest BCUT2D eigenvalue weighted by molar-refractivity contribution is 0.170. The van der Waals surface area contributed by atoms with Crippen LogP contribution in [0.25, 0.3) is 16.7 Å². The molecule has 3 aromatic rings. The maximum Gasteiger partial charge on any atom is 0.224 e. The number of aromatic nitrogens is 3. The highest BCUT2D eigenvalue weighted by molar-refractivity contribution is 5.87. The zero-order chi connectivity index (χ0) is 19.9. The van der Waals surface area contributed by atoms with Gasteiger partial charge in [-0.3, -0.25) is 0 Å². The standard InChI is InChI=1S/C22H29N5O/c1-21(2)13-15(14-22(3,4)26-21)24-20-23-11-9-19(25-20)27-12-10-16-17(27)7-6-8-18(16)28-5/h6-12,15,26H,13-14H2,1-5H3,(H,23,24,25). The summed E-state index contributed by atoms with van der Waals surface area (Å²) in [6.07, 6.45) is 5.88. The van der Waals surface area contributed by atoms with E-state index < -0.39 is 0 Å². The number of hydrogen-bond donors (Lipinski definition) is 2. The first kappa shape index (κ1) is 18.7. The van der Waals surface area contributed by atoms with Gasteiger partial charge < -0.3 is 19.9 Å². The highest BCUT2D eigenvalue weighted by Gasteiger charge is 2.37. The molecule has 4 rings (SSSR count). The molecule has 2 aromatic heterocycles. The number of anilines is 1. The first-order valence-electron chi connectivity index (χ1n) is 9.80. The van der Waals surface area contributed by atoms with Crippen LogP contribution in [0.4, 0.5) is 5.95 Å². The van der Waals surface area contributed by atoms with Crippen LogP contribution in [0, 0.1) is 0 Å². The molecule has 148 valence electrons. The fourth-order valence-corrected chi connectivity index (χ4v) is 4.68. The third-order valence-electron chi connectivity index (χ3n) is 5.32. The highest BCUT2D eigenvalue weighted by Crippen LogP contribution is 2.31.